The molecule has 3 heterocycles. The quantitative estimate of drug-likeness (QED) is 0.343. The number of para-hydroxylation sites is 1. The van der Waals surface area contributed by atoms with E-state index in [0.29, 0.717) is 33.8 Å². The Bertz CT molecular complexity index is 1650. The van der Waals surface area contributed by atoms with Gasteiger partial charge in [-0.25, -0.2) is 14.5 Å². The van der Waals surface area contributed by atoms with Gasteiger partial charge < -0.3 is 9.84 Å². The van der Waals surface area contributed by atoms with E-state index in [1.54, 1.807) is 12.3 Å². The van der Waals surface area contributed by atoms with Crippen LogP contribution in [-0.2, 0) is 6.61 Å². The summed E-state index contributed by atoms with van der Waals surface area (Å²) < 4.78 is 7.15. The van der Waals surface area contributed by atoms with Crippen molar-refractivity contribution in [3.05, 3.63) is 99.2 Å². The summed E-state index contributed by atoms with van der Waals surface area (Å²) in [5, 5.41) is 12.9. The molecule has 0 atom stereocenters. The summed E-state index contributed by atoms with van der Waals surface area (Å²) in [7, 11) is 0. The monoisotopic (exact) mass is 465 g/mol. The summed E-state index contributed by atoms with van der Waals surface area (Å²) in [6.45, 7) is 2.42. The molecule has 0 aliphatic carbocycles. The number of benzene rings is 3. The van der Waals surface area contributed by atoms with Crippen LogP contribution in [0.5, 0.6) is 11.6 Å². The van der Waals surface area contributed by atoms with Crippen molar-refractivity contribution in [1.82, 2.24) is 9.55 Å². The Labute approximate surface area is 199 Å². The molecule has 166 valence electrons. The van der Waals surface area contributed by atoms with Crippen LogP contribution >= 0.6 is 11.3 Å². The topological polar surface area (TPSA) is 76.7 Å². The van der Waals surface area contributed by atoms with E-state index in [4.69, 9.17) is 9.72 Å². The third-order valence-electron chi connectivity index (χ3n) is 5.89. The lowest BCUT2D eigenvalue weighted by atomic mass is 10.1. The highest BCUT2D eigenvalue weighted by Crippen LogP contribution is 2.41. The largest absolute Gasteiger partial charge is 0.494 e. The van der Waals surface area contributed by atoms with Gasteiger partial charge in [-0.1, -0.05) is 59.4 Å². The fourth-order valence-electron chi connectivity index (χ4n) is 4.18. The molecular formula is C27H19N3O3S. The number of hydrogen-bond acceptors (Lipinski definition) is 6. The average Bonchev–Trinajstić information content (AvgIpc) is 3.29. The Balaban J connectivity index is 1.49. The number of aryl methyl sites for hydroxylation is 1. The van der Waals surface area contributed by atoms with Crippen LogP contribution in [0, 0.1) is 6.92 Å². The molecular weight excluding hydrogens is 446 g/mol. The van der Waals surface area contributed by atoms with E-state index in [1.807, 2.05) is 73.7 Å². The zero-order valence-corrected chi connectivity index (χ0v) is 19.0. The Morgan fingerprint density at radius 2 is 1.76 bits per heavy atom. The summed E-state index contributed by atoms with van der Waals surface area (Å²) in [4.78, 5) is 23.6. The smallest absolute Gasteiger partial charge is 0.265 e. The van der Waals surface area contributed by atoms with E-state index in [0.717, 1.165) is 27.4 Å². The highest BCUT2D eigenvalue weighted by atomic mass is 32.1. The fourth-order valence-corrected chi connectivity index (χ4v) is 5.01. The normalized spacial score (nSPS) is 12.5. The molecule has 0 amide bonds. The summed E-state index contributed by atoms with van der Waals surface area (Å²) >= 11 is 1.45. The molecule has 1 aliphatic rings. The first-order valence-electron chi connectivity index (χ1n) is 10.8. The van der Waals surface area contributed by atoms with E-state index in [9.17, 15) is 9.90 Å². The first-order chi connectivity index (χ1) is 16.6. The lowest BCUT2D eigenvalue weighted by molar-refractivity contribution is 0.305. The highest BCUT2D eigenvalue weighted by Gasteiger charge is 2.22. The van der Waals surface area contributed by atoms with Gasteiger partial charge in [-0.15, -0.1) is 0 Å². The first kappa shape index (κ1) is 20.4. The standard InChI is InChI=1S/C27H19N3O3S/c1-16-10-12-17(13-11-16)30-25(31)19-7-3-2-6-18(19)21(26(30)32)14-28-27-29-24-20-8-4-5-9-22(20)33-15-23(24)34-27/h2-14,32H,15H2,1H3. The van der Waals surface area contributed by atoms with E-state index in [2.05, 4.69) is 4.99 Å². The van der Waals surface area contributed by atoms with Crippen molar-refractivity contribution in [2.75, 3.05) is 0 Å². The summed E-state index contributed by atoms with van der Waals surface area (Å²) in [5.41, 5.74) is 3.65. The van der Waals surface area contributed by atoms with Crippen LogP contribution in [0.25, 0.3) is 27.7 Å². The second-order valence-corrected chi connectivity index (χ2v) is 9.13. The predicted octanol–water partition coefficient (Wildman–Crippen LogP) is 5.77. The lowest BCUT2D eigenvalue weighted by Gasteiger charge is -2.15. The van der Waals surface area contributed by atoms with Crippen molar-refractivity contribution in [3.8, 4) is 28.6 Å². The van der Waals surface area contributed by atoms with Crippen molar-refractivity contribution in [2.24, 2.45) is 4.99 Å². The number of hydrogen-bond donors (Lipinski definition) is 1. The average molecular weight is 466 g/mol. The SMILES string of the molecule is Cc1ccc(-n2c(O)c(C=Nc3nc4c(s3)COc3ccccc3-4)c3ccccc3c2=O)cc1. The molecule has 5 aromatic rings. The van der Waals surface area contributed by atoms with Gasteiger partial charge in [0.1, 0.15) is 12.4 Å². The molecule has 0 saturated carbocycles. The van der Waals surface area contributed by atoms with Crippen LogP contribution in [0.15, 0.2) is 82.6 Å². The zero-order valence-electron chi connectivity index (χ0n) is 18.2. The summed E-state index contributed by atoms with van der Waals surface area (Å²) in [6, 6.07) is 22.5. The van der Waals surface area contributed by atoms with Gasteiger partial charge in [-0.3, -0.25) is 4.79 Å². The lowest BCUT2D eigenvalue weighted by Crippen LogP contribution is -2.20. The Morgan fingerprint density at radius 3 is 2.59 bits per heavy atom. The molecule has 34 heavy (non-hydrogen) atoms. The number of aliphatic imine (C=N–C) groups is 1. The molecule has 0 bridgehead atoms. The fraction of sp³-hybridized carbons (Fsp3) is 0.0741. The zero-order chi connectivity index (χ0) is 23.2. The molecule has 3 aromatic carbocycles. The number of pyridine rings is 1. The number of thiazole rings is 1. The molecule has 2 aromatic heterocycles. The van der Waals surface area contributed by atoms with Gasteiger partial charge in [0.2, 0.25) is 11.0 Å². The minimum absolute atomic E-state index is 0.161. The Morgan fingerprint density at radius 1 is 1.03 bits per heavy atom. The Hall–Kier alpha value is -4.23. The molecule has 0 saturated heterocycles. The first-order valence-corrected chi connectivity index (χ1v) is 11.6. The molecule has 0 unspecified atom stereocenters. The summed E-state index contributed by atoms with van der Waals surface area (Å²) in [6.07, 6.45) is 1.58. The van der Waals surface area contributed by atoms with Gasteiger partial charge in [0.15, 0.2) is 0 Å². The maximum absolute atomic E-state index is 13.2. The molecule has 0 spiro atoms. The van der Waals surface area contributed by atoms with Crippen LogP contribution in [0.3, 0.4) is 0 Å². The molecule has 7 heteroatoms. The van der Waals surface area contributed by atoms with Crippen molar-refractivity contribution >= 4 is 33.5 Å². The van der Waals surface area contributed by atoms with Gasteiger partial charge in [-0.05, 0) is 37.3 Å². The summed E-state index contributed by atoms with van der Waals surface area (Å²) in [5.74, 6) is 0.649. The van der Waals surface area contributed by atoms with E-state index in [1.165, 1.54) is 15.9 Å². The molecule has 0 fully saturated rings. The molecule has 1 N–H and O–H groups in total. The van der Waals surface area contributed by atoms with Crippen LogP contribution in [0.1, 0.15) is 16.0 Å². The van der Waals surface area contributed by atoms with E-state index >= 15 is 0 Å². The van der Waals surface area contributed by atoms with Crippen molar-refractivity contribution < 1.29 is 9.84 Å². The minimum atomic E-state index is -0.285. The van der Waals surface area contributed by atoms with Gasteiger partial charge >= 0.3 is 0 Å². The van der Waals surface area contributed by atoms with Crippen LogP contribution < -0.4 is 10.3 Å². The van der Waals surface area contributed by atoms with E-state index < -0.39 is 0 Å². The van der Waals surface area contributed by atoms with Crippen LogP contribution in [-0.4, -0.2) is 20.9 Å². The van der Waals surface area contributed by atoms with Crippen LogP contribution in [0.2, 0.25) is 0 Å². The molecule has 0 radical (unpaired) electrons. The van der Waals surface area contributed by atoms with Crippen molar-refractivity contribution in [2.45, 2.75) is 13.5 Å². The third kappa shape index (κ3) is 3.29. The highest BCUT2D eigenvalue weighted by molar-refractivity contribution is 7.15. The maximum Gasteiger partial charge on any atom is 0.265 e. The second kappa shape index (κ2) is 7.97. The molecule has 6 rings (SSSR count). The van der Waals surface area contributed by atoms with Gasteiger partial charge in [-0.2, -0.15) is 0 Å². The number of fused-ring (bicyclic) bond motifs is 4. The maximum atomic E-state index is 13.2. The number of aromatic nitrogens is 2. The van der Waals surface area contributed by atoms with E-state index in [-0.39, 0.29) is 11.4 Å². The van der Waals surface area contributed by atoms with Crippen LogP contribution in [0.4, 0.5) is 5.13 Å². The number of aromatic hydroxyl groups is 1. The molecule has 1 aliphatic heterocycles. The van der Waals surface area contributed by atoms with Crippen molar-refractivity contribution in [3.63, 3.8) is 0 Å². The number of rotatable bonds is 3. The minimum Gasteiger partial charge on any atom is -0.494 e. The molecule has 6 nitrogen and oxygen atoms in total. The third-order valence-corrected chi connectivity index (χ3v) is 6.82. The van der Waals surface area contributed by atoms with Crippen molar-refractivity contribution in [1.29, 1.82) is 0 Å². The van der Waals surface area contributed by atoms with Gasteiger partial charge in [0.05, 0.1) is 21.8 Å². The van der Waals surface area contributed by atoms with Gasteiger partial charge in [0, 0.05) is 22.6 Å². The Kier molecular flexibility index (Phi) is 4.78. The second-order valence-electron chi connectivity index (χ2n) is 8.07. The predicted molar refractivity (Wildman–Crippen MR) is 135 cm³/mol. The number of nitrogens with zero attached hydrogens (tertiary/aromatic N) is 3. The number of ether oxygens (including phenoxy) is 1. The van der Waals surface area contributed by atoms with Gasteiger partial charge in [0.25, 0.3) is 5.56 Å².